The predicted octanol–water partition coefficient (Wildman–Crippen LogP) is 4.38. The van der Waals surface area contributed by atoms with Crippen molar-refractivity contribution in [1.82, 2.24) is 15.0 Å². The van der Waals surface area contributed by atoms with Crippen LogP contribution < -0.4 is 16.6 Å². The van der Waals surface area contributed by atoms with Gasteiger partial charge >= 0.3 is 0 Å². The number of hydrogen-bond acceptors (Lipinski definition) is 6. The van der Waals surface area contributed by atoms with Gasteiger partial charge in [-0.2, -0.15) is 4.99 Å². The summed E-state index contributed by atoms with van der Waals surface area (Å²) >= 11 is 9.08. The molecule has 7 nitrogen and oxygen atoms in total. The Bertz CT molecular complexity index is 1220. The highest BCUT2D eigenvalue weighted by molar-refractivity contribution is 8.00. The lowest BCUT2D eigenvalue weighted by Crippen LogP contribution is -2.22. The number of aromatic amines is 1. The molecule has 10 heteroatoms. The Kier molecular flexibility index (Phi) is 5.79. The lowest BCUT2D eigenvalue weighted by Gasteiger charge is -2.06. The van der Waals surface area contributed by atoms with E-state index < -0.39 is 0 Å². The van der Waals surface area contributed by atoms with E-state index in [1.807, 2.05) is 24.3 Å². The second-order valence-corrected chi connectivity index (χ2v) is 8.62. The van der Waals surface area contributed by atoms with Gasteiger partial charge in [0.15, 0.2) is 4.34 Å². The van der Waals surface area contributed by atoms with Crippen molar-refractivity contribution in [3.05, 3.63) is 75.7 Å². The zero-order valence-electron chi connectivity index (χ0n) is 14.9. The van der Waals surface area contributed by atoms with Gasteiger partial charge in [-0.25, -0.2) is 9.97 Å². The number of nitrogens with zero attached hydrogens (tertiary/aromatic N) is 3. The molecule has 4 N–H and O–H groups in total. The maximum absolute atomic E-state index is 12.0. The first-order valence-corrected chi connectivity index (χ1v) is 10.7. The van der Waals surface area contributed by atoms with Gasteiger partial charge in [-0.15, -0.1) is 11.3 Å². The smallest absolute Gasteiger partial charge is 0.252 e. The van der Waals surface area contributed by atoms with Crippen molar-refractivity contribution in [3.63, 3.8) is 0 Å². The van der Waals surface area contributed by atoms with Gasteiger partial charge in [0.05, 0.1) is 15.9 Å². The normalized spacial score (nSPS) is 11.7. The van der Waals surface area contributed by atoms with E-state index in [9.17, 15) is 4.79 Å². The van der Waals surface area contributed by atoms with Crippen LogP contribution in [-0.2, 0) is 5.75 Å². The monoisotopic (exact) mass is 442 g/mol. The summed E-state index contributed by atoms with van der Waals surface area (Å²) in [5.74, 6) is 0.712. The molecule has 4 aromatic rings. The zero-order chi connectivity index (χ0) is 20.2. The molecule has 0 radical (unpaired) electrons. The van der Waals surface area contributed by atoms with Crippen molar-refractivity contribution in [2.75, 3.05) is 5.32 Å². The number of fused-ring (bicyclic) bond motifs is 1. The number of hydrogen-bond donors (Lipinski definition) is 3. The number of nitrogens with one attached hydrogen (secondary N) is 2. The highest BCUT2D eigenvalue weighted by Crippen LogP contribution is 2.30. The Hall–Kier alpha value is -2.88. The van der Waals surface area contributed by atoms with E-state index in [1.165, 1.54) is 17.8 Å². The summed E-state index contributed by atoms with van der Waals surface area (Å²) in [5, 5.41) is 3.48. The molecular weight excluding hydrogens is 428 g/mol. The van der Waals surface area contributed by atoms with Crippen LogP contribution in [0.5, 0.6) is 0 Å². The molecule has 146 valence electrons. The Labute approximate surface area is 179 Å². The van der Waals surface area contributed by atoms with Crippen LogP contribution >= 0.6 is 34.7 Å². The molecule has 0 spiro atoms. The predicted molar refractivity (Wildman–Crippen MR) is 120 cm³/mol. The number of aliphatic imine (C=N–C) groups is 1. The van der Waals surface area contributed by atoms with Crippen molar-refractivity contribution in [2.45, 2.75) is 10.1 Å². The molecule has 0 atom stereocenters. The summed E-state index contributed by atoms with van der Waals surface area (Å²) in [5.41, 5.74) is 7.86. The second kappa shape index (κ2) is 8.64. The van der Waals surface area contributed by atoms with E-state index in [0.717, 1.165) is 14.6 Å². The Morgan fingerprint density at radius 1 is 1.21 bits per heavy atom. The van der Waals surface area contributed by atoms with E-state index >= 15 is 0 Å². The third-order valence-corrected chi connectivity index (χ3v) is 6.17. The first-order valence-electron chi connectivity index (χ1n) is 8.50. The minimum atomic E-state index is -0.297. The lowest BCUT2D eigenvalue weighted by molar-refractivity contribution is 1.04. The van der Waals surface area contributed by atoms with E-state index in [0.29, 0.717) is 22.2 Å². The van der Waals surface area contributed by atoms with Crippen molar-refractivity contribution in [1.29, 1.82) is 0 Å². The molecule has 0 aliphatic carbocycles. The number of benzene rings is 2. The maximum atomic E-state index is 12.0. The highest BCUT2D eigenvalue weighted by Gasteiger charge is 2.07. The number of thioether (sulfide) groups is 1. The summed E-state index contributed by atoms with van der Waals surface area (Å²) in [6.07, 6.45) is 0. The SMILES string of the molecule is NC(=Nc1nc(CSc2nc3ccccc3s2)cc(=O)[nH]1)Nc1cccc(Cl)c1. The molecule has 0 saturated carbocycles. The standard InChI is InChI=1S/C19H15ClN6OS2/c20-11-4-3-5-12(8-11)22-17(21)26-18-23-13(9-16(27)25-18)10-28-19-24-14-6-1-2-7-15(14)29-19/h1-9H,10H2,(H4,21,22,23,25,26,27). The molecule has 4 rings (SSSR count). The fourth-order valence-corrected chi connectivity index (χ4v) is 4.68. The number of thiazole rings is 1. The van der Waals surface area contributed by atoms with Crippen molar-refractivity contribution in [2.24, 2.45) is 10.7 Å². The van der Waals surface area contributed by atoms with Gasteiger partial charge in [0, 0.05) is 22.5 Å². The van der Waals surface area contributed by atoms with Crippen LogP contribution in [0.4, 0.5) is 11.6 Å². The number of anilines is 1. The molecule has 0 aliphatic heterocycles. The van der Waals surface area contributed by atoms with Crippen LogP contribution in [0.2, 0.25) is 5.02 Å². The fourth-order valence-electron chi connectivity index (χ4n) is 2.53. The molecule has 0 aliphatic rings. The number of aromatic nitrogens is 3. The fraction of sp³-hybridized carbons (Fsp3) is 0.0526. The zero-order valence-corrected chi connectivity index (χ0v) is 17.3. The van der Waals surface area contributed by atoms with E-state index in [1.54, 1.807) is 35.6 Å². The molecule has 0 bridgehead atoms. The summed E-state index contributed by atoms with van der Waals surface area (Å²) in [4.78, 5) is 27.6. The minimum Gasteiger partial charge on any atom is -0.369 e. The summed E-state index contributed by atoms with van der Waals surface area (Å²) in [6, 6.07) is 16.5. The molecule has 2 heterocycles. The molecular formula is C19H15ClN6OS2. The topological polar surface area (TPSA) is 109 Å². The molecule has 29 heavy (non-hydrogen) atoms. The minimum absolute atomic E-state index is 0.0893. The number of nitrogens with two attached hydrogens (primary N) is 1. The Morgan fingerprint density at radius 3 is 2.90 bits per heavy atom. The third kappa shape index (κ3) is 5.14. The van der Waals surface area contributed by atoms with Gasteiger partial charge in [0.2, 0.25) is 11.9 Å². The number of H-pyrrole nitrogens is 1. The van der Waals surface area contributed by atoms with E-state index in [-0.39, 0.29) is 17.5 Å². The van der Waals surface area contributed by atoms with Crippen LogP contribution in [0.15, 0.2) is 68.7 Å². The summed E-state index contributed by atoms with van der Waals surface area (Å²) in [7, 11) is 0. The van der Waals surface area contributed by atoms with Gasteiger partial charge in [0.25, 0.3) is 5.56 Å². The lowest BCUT2D eigenvalue weighted by atomic mass is 10.3. The second-order valence-electron chi connectivity index (χ2n) is 5.93. The number of guanidine groups is 1. The Morgan fingerprint density at radius 2 is 2.07 bits per heavy atom. The van der Waals surface area contributed by atoms with E-state index in [4.69, 9.17) is 17.3 Å². The first kappa shape index (κ1) is 19.4. The molecule has 2 aromatic heterocycles. The summed E-state index contributed by atoms with van der Waals surface area (Å²) in [6.45, 7) is 0. The average Bonchev–Trinajstić information content (AvgIpc) is 3.09. The van der Waals surface area contributed by atoms with Crippen molar-refractivity contribution in [3.8, 4) is 0 Å². The van der Waals surface area contributed by atoms with Gasteiger partial charge in [-0.05, 0) is 30.3 Å². The van der Waals surface area contributed by atoms with Gasteiger partial charge < -0.3 is 11.1 Å². The van der Waals surface area contributed by atoms with Gasteiger partial charge in [-0.1, -0.05) is 41.6 Å². The van der Waals surface area contributed by atoms with Crippen molar-refractivity contribution >= 4 is 62.5 Å². The molecule has 0 amide bonds. The third-order valence-electron chi connectivity index (χ3n) is 3.72. The summed E-state index contributed by atoms with van der Waals surface area (Å²) < 4.78 is 2.04. The van der Waals surface area contributed by atoms with Crippen LogP contribution in [0, 0.1) is 0 Å². The average molecular weight is 443 g/mol. The van der Waals surface area contributed by atoms with Gasteiger partial charge in [0.1, 0.15) is 0 Å². The van der Waals surface area contributed by atoms with Gasteiger partial charge in [-0.3, -0.25) is 9.78 Å². The van der Waals surface area contributed by atoms with Crippen LogP contribution in [-0.4, -0.2) is 20.9 Å². The maximum Gasteiger partial charge on any atom is 0.252 e. The largest absolute Gasteiger partial charge is 0.369 e. The number of halogens is 1. The molecule has 0 saturated heterocycles. The Balaban J connectivity index is 1.48. The molecule has 2 aromatic carbocycles. The highest BCUT2D eigenvalue weighted by atomic mass is 35.5. The quantitative estimate of drug-likeness (QED) is 0.240. The number of rotatable bonds is 5. The first-order chi connectivity index (χ1) is 14.0. The number of para-hydroxylation sites is 1. The van der Waals surface area contributed by atoms with Crippen LogP contribution in [0.1, 0.15) is 5.69 Å². The van der Waals surface area contributed by atoms with E-state index in [2.05, 4.69) is 25.3 Å². The molecule has 0 unspecified atom stereocenters. The molecule has 0 fully saturated rings. The van der Waals surface area contributed by atoms with Crippen LogP contribution in [0.3, 0.4) is 0 Å². The van der Waals surface area contributed by atoms with Crippen LogP contribution in [0.25, 0.3) is 10.2 Å². The van der Waals surface area contributed by atoms with Crippen molar-refractivity contribution < 1.29 is 0 Å².